The van der Waals surface area contributed by atoms with E-state index in [0.29, 0.717) is 0 Å². The van der Waals surface area contributed by atoms with Crippen LogP contribution in [0.1, 0.15) is 5.56 Å². The van der Waals surface area contributed by atoms with Gasteiger partial charge >= 0.3 is 0 Å². The first-order chi connectivity index (χ1) is 6.83. The summed E-state index contributed by atoms with van der Waals surface area (Å²) in [6, 6.07) is 8.64. The van der Waals surface area contributed by atoms with Gasteiger partial charge < -0.3 is 11.1 Å². The van der Waals surface area contributed by atoms with E-state index in [2.05, 4.69) is 36.5 Å². The molecule has 1 aromatic carbocycles. The van der Waals surface area contributed by atoms with Crippen LogP contribution in [0.4, 0.5) is 0 Å². The van der Waals surface area contributed by atoms with Gasteiger partial charge in [-0.15, -0.1) is 36.6 Å². The largest absolute Gasteiger partial charge is 0.329 e. The van der Waals surface area contributed by atoms with Crippen LogP contribution in [0.3, 0.4) is 0 Å². The van der Waals surface area contributed by atoms with Gasteiger partial charge in [0, 0.05) is 30.3 Å². The van der Waals surface area contributed by atoms with Crippen LogP contribution in [0.2, 0.25) is 0 Å². The van der Waals surface area contributed by atoms with Crippen LogP contribution in [-0.2, 0) is 0 Å². The SMILES string of the molecule is Cc1ccc(SCCNCCN)cc1.Cl.Cl. The Morgan fingerprint density at radius 2 is 1.75 bits per heavy atom. The molecular weight excluding hydrogens is 263 g/mol. The minimum Gasteiger partial charge on any atom is -0.329 e. The number of rotatable bonds is 6. The first-order valence-electron chi connectivity index (χ1n) is 4.93. The topological polar surface area (TPSA) is 38.0 Å². The van der Waals surface area contributed by atoms with Crippen LogP contribution in [0.15, 0.2) is 29.2 Å². The number of benzene rings is 1. The molecule has 0 aliphatic heterocycles. The molecule has 0 fully saturated rings. The van der Waals surface area contributed by atoms with Crippen molar-refractivity contribution in [2.24, 2.45) is 5.73 Å². The van der Waals surface area contributed by atoms with Crippen LogP contribution in [0.5, 0.6) is 0 Å². The van der Waals surface area contributed by atoms with Crippen LogP contribution >= 0.6 is 36.6 Å². The number of nitrogens with two attached hydrogens (primary N) is 1. The second-order valence-corrected chi connectivity index (χ2v) is 4.37. The smallest absolute Gasteiger partial charge is 0.0106 e. The Morgan fingerprint density at radius 1 is 1.12 bits per heavy atom. The lowest BCUT2D eigenvalue weighted by atomic mass is 10.2. The maximum absolute atomic E-state index is 5.37. The lowest BCUT2D eigenvalue weighted by molar-refractivity contribution is 0.729. The van der Waals surface area contributed by atoms with Gasteiger partial charge in [-0.25, -0.2) is 0 Å². The predicted molar refractivity (Wildman–Crippen MR) is 78.3 cm³/mol. The van der Waals surface area contributed by atoms with E-state index in [-0.39, 0.29) is 24.8 Å². The van der Waals surface area contributed by atoms with E-state index in [1.165, 1.54) is 10.5 Å². The third-order valence-corrected chi connectivity index (χ3v) is 2.90. The van der Waals surface area contributed by atoms with Crippen LogP contribution in [0, 0.1) is 6.92 Å². The van der Waals surface area contributed by atoms with Crippen molar-refractivity contribution < 1.29 is 0 Å². The van der Waals surface area contributed by atoms with E-state index in [9.17, 15) is 0 Å². The monoisotopic (exact) mass is 282 g/mol. The summed E-state index contributed by atoms with van der Waals surface area (Å²) in [5.74, 6) is 1.10. The molecule has 0 aromatic heterocycles. The second-order valence-electron chi connectivity index (χ2n) is 3.20. The minimum atomic E-state index is 0. The summed E-state index contributed by atoms with van der Waals surface area (Å²) < 4.78 is 0. The number of hydrogen-bond donors (Lipinski definition) is 2. The molecule has 0 aliphatic carbocycles. The molecule has 0 heterocycles. The van der Waals surface area contributed by atoms with E-state index < -0.39 is 0 Å². The molecule has 0 radical (unpaired) electrons. The molecule has 5 heteroatoms. The van der Waals surface area contributed by atoms with Crippen molar-refractivity contribution in [1.29, 1.82) is 0 Å². The zero-order valence-electron chi connectivity index (χ0n) is 9.44. The summed E-state index contributed by atoms with van der Waals surface area (Å²) >= 11 is 1.88. The standard InChI is InChI=1S/C11H18N2S.2ClH/c1-10-2-4-11(5-3-10)14-9-8-13-7-6-12;;/h2-5,13H,6-9,12H2,1H3;2*1H. The first-order valence-corrected chi connectivity index (χ1v) is 5.92. The Balaban J connectivity index is 0. The lowest BCUT2D eigenvalue weighted by Crippen LogP contribution is -2.24. The molecule has 94 valence electrons. The van der Waals surface area contributed by atoms with Gasteiger partial charge in [0.1, 0.15) is 0 Å². The molecule has 0 spiro atoms. The van der Waals surface area contributed by atoms with Gasteiger partial charge in [0.25, 0.3) is 0 Å². The normalized spacial score (nSPS) is 9.12. The summed E-state index contributed by atoms with van der Waals surface area (Å²) in [4.78, 5) is 1.34. The predicted octanol–water partition coefficient (Wildman–Crippen LogP) is 2.48. The summed E-state index contributed by atoms with van der Waals surface area (Å²) in [7, 11) is 0. The van der Waals surface area contributed by atoms with E-state index in [1.807, 2.05) is 11.8 Å². The lowest BCUT2D eigenvalue weighted by Gasteiger charge is -2.03. The Hall–Kier alpha value is 0.0700. The average molecular weight is 283 g/mol. The fourth-order valence-corrected chi connectivity index (χ4v) is 1.91. The fourth-order valence-electron chi connectivity index (χ4n) is 1.10. The summed E-state index contributed by atoms with van der Waals surface area (Å²) in [6.45, 7) is 4.76. The first kappa shape index (κ1) is 18.4. The summed E-state index contributed by atoms with van der Waals surface area (Å²) in [5.41, 5.74) is 6.68. The number of halogens is 2. The molecule has 1 rings (SSSR count). The van der Waals surface area contributed by atoms with E-state index in [0.717, 1.165) is 25.4 Å². The number of hydrogen-bond acceptors (Lipinski definition) is 3. The van der Waals surface area contributed by atoms with Crippen molar-refractivity contribution >= 4 is 36.6 Å². The van der Waals surface area contributed by atoms with E-state index in [1.54, 1.807) is 0 Å². The molecular formula is C11H20Cl2N2S. The van der Waals surface area contributed by atoms with Crippen molar-refractivity contribution in [3.63, 3.8) is 0 Å². The summed E-state index contributed by atoms with van der Waals surface area (Å²) in [6.07, 6.45) is 0. The highest BCUT2D eigenvalue weighted by Gasteiger charge is 1.92. The van der Waals surface area contributed by atoms with Gasteiger partial charge in [-0.05, 0) is 19.1 Å². The molecule has 0 saturated carbocycles. The van der Waals surface area contributed by atoms with Crippen molar-refractivity contribution in [3.05, 3.63) is 29.8 Å². The Morgan fingerprint density at radius 3 is 2.31 bits per heavy atom. The van der Waals surface area contributed by atoms with E-state index >= 15 is 0 Å². The Bertz CT molecular complexity index is 255. The molecule has 0 unspecified atom stereocenters. The molecule has 0 atom stereocenters. The highest BCUT2D eigenvalue weighted by atomic mass is 35.5. The Kier molecular flexibility index (Phi) is 13.3. The molecule has 0 bridgehead atoms. The maximum atomic E-state index is 5.37. The van der Waals surface area contributed by atoms with Crippen molar-refractivity contribution in [2.45, 2.75) is 11.8 Å². The highest BCUT2D eigenvalue weighted by Crippen LogP contribution is 2.17. The van der Waals surface area contributed by atoms with Crippen LogP contribution in [0.25, 0.3) is 0 Å². The van der Waals surface area contributed by atoms with Gasteiger partial charge in [-0.3, -0.25) is 0 Å². The third kappa shape index (κ3) is 8.25. The maximum Gasteiger partial charge on any atom is 0.0106 e. The average Bonchev–Trinajstić information content (AvgIpc) is 2.21. The van der Waals surface area contributed by atoms with Crippen LogP contribution < -0.4 is 11.1 Å². The molecule has 0 saturated heterocycles. The minimum absolute atomic E-state index is 0. The van der Waals surface area contributed by atoms with Gasteiger partial charge in [0.15, 0.2) is 0 Å². The number of thioether (sulfide) groups is 1. The molecule has 0 aliphatic rings. The molecule has 2 nitrogen and oxygen atoms in total. The van der Waals surface area contributed by atoms with Crippen molar-refractivity contribution in [3.8, 4) is 0 Å². The van der Waals surface area contributed by atoms with Crippen molar-refractivity contribution in [2.75, 3.05) is 25.4 Å². The molecule has 16 heavy (non-hydrogen) atoms. The Labute approximate surface area is 115 Å². The summed E-state index contributed by atoms with van der Waals surface area (Å²) in [5, 5.41) is 3.27. The second kappa shape index (κ2) is 11.6. The molecule has 1 aromatic rings. The van der Waals surface area contributed by atoms with E-state index in [4.69, 9.17) is 5.73 Å². The van der Waals surface area contributed by atoms with Gasteiger partial charge in [0.2, 0.25) is 0 Å². The zero-order valence-corrected chi connectivity index (χ0v) is 11.9. The number of aryl methyl sites for hydroxylation is 1. The third-order valence-electron chi connectivity index (χ3n) is 1.89. The van der Waals surface area contributed by atoms with Gasteiger partial charge in [-0.2, -0.15) is 0 Å². The fraction of sp³-hybridized carbons (Fsp3) is 0.455. The molecule has 3 N–H and O–H groups in total. The zero-order chi connectivity index (χ0) is 10.2. The number of nitrogens with one attached hydrogen (secondary N) is 1. The van der Waals surface area contributed by atoms with Gasteiger partial charge in [0.05, 0.1) is 0 Å². The quantitative estimate of drug-likeness (QED) is 0.622. The van der Waals surface area contributed by atoms with Gasteiger partial charge in [-0.1, -0.05) is 17.7 Å². The molecule has 0 amide bonds. The highest BCUT2D eigenvalue weighted by molar-refractivity contribution is 7.99. The van der Waals surface area contributed by atoms with Crippen LogP contribution in [-0.4, -0.2) is 25.4 Å². The van der Waals surface area contributed by atoms with Crippen molar-refractivity contribution in [1.82, 2.24) is 5.32 Å².